The van der Waals surface area contributed by atoms with Crippen molar-refractivity contribution >= 4 is 5.97 Å². The first kappa shape index (κ1) is 37.0. The Kier molecular flexibility index (Phi) is 16.6. The average molecular weight is 609 g/mol. The van der Waals surface area contributed by atoms with E-state index < -0.39 is 72.9 Å². The molecule has 244 valence electrons. The van der Waals surface area contributed by atoms with Crippen molar-refractivity contribution in [2.45, 2.75) is 133 Å². The number of carbonyl (C=O) groups is 1. The van der Waals surface area contributed by atoms with Gasteiger partial charge in [0.25, 0.3) is 0 Å². The van der Waals surface area contributed by atoms with Crippen molar-refractivity contribution < 1.29 is 50.0 Å². The van der Waals surface area contributed by atoms with Crippen LogP contribution in [0.2, 0.25) is 0 Å². The number of hydrogen-bond acceptors (Lipinski definition) is 10. The Morgan fingerprint density at radius 3 is 2.02 bits per heavy atom. The van der Waals surface area contributed by atoms with Gasteiger partial charge in [0.1, 0.15) is 24.4 Å². The van der Waals surface area contributed by atoms with E-state index in [1.165, 1.54) is 6.08 Å². The SMILES string of the molecule is CCCCC1C(=O)OC(C)C(O)/C=C/C=C/C=C/C=C\C=C(/C)C(O)C(O)C2CC(O)CC(CC(O)CC(O)CC1O)O2. The highest BCUT2D eigenvalue weighted by Gasteiger charge is 2.37. The molecule has 2 rings (SSSR count). The summed E-state index contributed by atoms with van der Waals surface area (Å²) in [4.78, 5) is 13.0. The summed E-state index contributed by atoms with van der Waals surface area (Å²) < 4.78 is 11.4. The number of esters is 1. The van der Waals surface area contributed by atoms with E-state index in [4.69, 9.17) is 9.47 Å². The van der Waals surface area contributed by atoms with Crippen LogP contribution in [0.4, 0.5) is 0 Å². The molecule has 43 heavy (non-hydrogen) atoms. The summed E-state index contributed by atoms with van der Waals surface area (Å²) in [5.41, 5.74) is 0.500. The van der Waals surface area contributed by atoms with Gasteiger partial charge in [0, 0.05) is 12.8 Å². The van der Waals surface area contributed by atoms with E-state index >= 15 is 0 Å². The third kappa shape index (κ3) is 13.2. The summed E-state index contributed by atoms with van der Waals surface area (Å²) in [6, 6.07) is 0. The third-order valence-corrected chi connectivity index (χ3v) is 7.92. The van der Waals surface area contributed by atoms with E-state index in [1.807, 2.05) is 6.92 Å². The highest BCUT2D eigenvalue weighted by atomic mass is 16.6. The number of unbranched alkanes of at least 4 members (excludes halogenated alkanes) is 1. The fourth-order valence-corrected chi connectivity index (χ4v) is 5.32. The van der Waals surface area contributed by atoms with Crippen LogP contribution in [0, 0.1) is 5.92 Å². The number of allylic oxidation sites excluding steroid dienone is 8. The van der Waals surface area contributed by atoms with Crippen LogP contribution in [-0.2, 0) is 14.3 Å². The molecule has 0 radical (unpaired) electrons. The van der Waals surface area contributed by atoms with Crippen LogP contribution in [0.1, 0.15) is 72.1 Å². The maximum absolute atomic E-state index is 13.0. The highest BCUT2D eigenvalue weighted by Crippen LogP contribution is 2.28. The predicted octanol–water partition coefficient (Wildman–Crippen LogP) is 2.15. The number of ether oxygens (including phenoxy) is 2. The van der Waals surface area contributed by atoms with Crippen LogP contribution >= 0.6 is 0 Å². The van der Waals surface area contributed by atoms with Gasteiger partial charge in [0.2, 0.25) is 0 Å². The first-order valence-corrected chi connectivity index (χ1v) is 15.4. The molecule has 0 aromatic rings. The largest absolute Gasteiger partial charge is 0.459 e. The Morgan fingerprint density at radius 2 is 1.37 bits per heavy atom. The number of rotatable bonds is 3. The summed E-state index contributed by atoms with van der Waals surface area (Å²) in [6.45, 7) is 5.19. The van der Waals surface area contributed by atoms with E-state index in [0.717, 1.165) is 6.42 Å². The van der Waals surface area contributed by atoms with E-state index in [1.54, 1.807) is 62.5 Å². The fraction of sp³-hybridized carbons (Fsp3) is 0.667. The minimum Gasteiger partial charge on any atom is -0.459 e. The third-order valence-electron chi connectivity index (χ3n) is 7.92. The van der Waals surface area contributed by atoms with Gasteiger partial charge in [-0.1, -0.05) is 74.4 Å². The topological polar surface area (TPSA) is 177 Å². The molecule has 0 amide bonds. The highest BCUT2D eigenvalue weighted by molar-refractivity contribution is 5.73. The molecule has 2 aliphatic rings. The summed E-state index contributed by atoms with van der Waals surface area (Å²) in [5, 5.41) is 74.6. The molecular weight excluding hydrogens is 556 g/mol. The maximum atomic E-state index is 13.0. The summed E-state index contributed by atoms with van der Waals surface area (Å²) in [7, 11) is 0. The number of hydrogen-bond donors (Lipinski definition) is 7. The lowest BCUT2D eigenvalue weighted by Crippen LogP contribution is -2.48. The van der Waals surface area contributed by atoms with E-state index in [0.29, 0.717) is 18.4 Å². The molecule has 0 spiro atoms. The zero-order valence-electron chi connectivity index (χ0n) is 25.6. The Labute approximate surface area is 255 Å². The van der Waals surface area contributed by atoms with Gasteiger partial charge >= 0.3 is 5.97 Å². The monoisotopic (exact) mass is 608 g/mol. The molecule has 0 saturated carbocycles. The van der Waals surface area contributed by atoms with Gasteiger partial charge in [-0.05, 0) is 45.1 Å². The van der Waals surface area contributed by atoms with Gasteiger partial charge in [0.05, 0.1) is 42.5 Å². The second-order valence-corrected chi connectivity index (χ2v) is 11.8. The molecule has 10 heteroatoms. The first-order chi connectivity index (χ1) is 20.4. The molecule has 0 aromatic carbocycles. The predicted molar refractivity (Wildman–Crippen MR) is 163 cm³/mol. The van der Waals surface area contributed by atoms with Crippen molar-refractivity contribution in [3.05, 3.63) is 60.3 Å². The second kappa shape index (κ2) is 19.3. The normalized spacial score (nSPS) is 42.1. The zero-order valence-corrected chi connectivity index (χ0v) is 25.6. The zero-order chi connectivity index (χ0) is 31.9. The van der Waals surface area contributed by atoms with Crippen molar-refractivity contribution in [2.75, 3.05) is 0 Å². The standard InChI is InChI=1S/C33H52O10/c1-4-5-14-27-29(38)19-24(35)16-23(34)17-26-18-25(36)20-30(43-26)32(40)31(39)21(2)13-11-9-7-6-8-10-12-15-28(37)22(3)42-33(27)41/h6-13,15,22-32,34-40H,4-5,14,16-20H2,1-3H3/b7-6+,10-8+,11-9-,15-12+,21-13+. The van der Waals surface area contributed by atoms with Crippen LogP contribution < -0.4 is 0 Å². The van der Waals surface area contributed by atoms with Gasteiger partial charge in [-0.2, -0.15) is 0 Å². The van der Waals surface area contributed by atoms with Crippen molar-refractivity contribution in [3.63, 3.8) is 0 Å². The molecule has 7 N–H and O–H groups in total. The lowest BCUT2D eigenvalue weighted by molar-refractivity contribution is -0.163. The van der Waals surface area contributed by atoms with Gasteiger partial charge in [-0.15, -0.1) is 0 Å². The van der Waals surface area contributed by atoms with E-state index in [9.17, 15) is 40.5 Å². The average Bonchev–Trinajstić information content (AvgIpc) is 2.94. The number of aliphatic hydroxyl groups is 7. The van der Waals surface area contributed by atoms with Crippen LogP contribution in [0.5, 0.6) is 0 Å². The molecule has 11 atom stereocenters. The Balaban J connectivity index is 2.25. The minimum atomic E-state index is -1.30. The van der Waals surface area contributed by atoms with Gasteiger partial charge in [-0.25, -0.2) is 0 Å². The van der Waals surface area contributed by atoms with E-state index in [2.05, 4.69) is 0 Å². The Morgan fingerprint density at radius 1 is 0.791 bits per heavy atom. The molecule has 2 heterocycles. The first-order valence-electron chi connectivity index (χ1n) is 15.4. The summed E-state index contributed by atoms with van der Waals surface area (Å²) >= 11 is 0. The van der Waals surface area contributed by atoms with Crippen LogP contribution in [-0.4, -0.2) is 103 Å². The van der Waals surface area contributed by atoms with Crippen LogP contribution in [0.15, 0.2) is 60.3 Å². The molecule has 1 fully saturated rings. The lowest BCUT2D eigenvalue weighted by Gasteiger charge is -2.38. The number of carbonyl (C=O) groups excluding carboxylic acids is 1. The van der Waals surface area contributed by atoms with Crippen molar-refractivity contribution in [3.8, 4) is 0 Å². The molecule has 2 aliphatic heterocycles. The molecule has 0 aromatic heterocycles. The quantitative estimate of drug-likeness (QED) is 0.235. The fourth-order valence-electron chi connectivity index (χ4n) is 5.32. The van der Waals surface area contributed by atoms with Crippen LogP contribution in [0.25, 0.3) is 0 Å². The van der Waals surface area contributed by atoms with Gasteiger partial charge in [-0.3, -0.25) is 4.79 Å². The molecular formula is C33H52O10. The van der Waals surface area contributed by atoms with Crippen molar-refractivity contribution in [2.24, 2.45) is 5.92 Å². The van der Waals surface area contributed by atoms with Crippen LogP contribution in [0.3, 0.4) is 0 Å². The number of aliphatic hydroxyl groups excluding tert-OH is 7. The molecule has 2 bridgehead atoms. The number of cyclic esters (lactones) is 1. The Bertz CT molecular complexity index is 973. The second-order valence-electron chi connectivity index (χ2n) is 11.8. The smallest absolute Gasteiger partial charge is 0.311 e. The summed E-state index contributed by atoms with van der Waals surface area (Å²) in [5.74, 6) is -1.58. The van der Waals surface area contributed by atoms with Crippen molar-refractivity contribution in [1.29, 1.82) is 0 Å². The molecule has 0 aliphatic carbocycles. The van der Waals surface area contributed by atoms with Gasteiger partial charge < -0.3 is 45.2 Å². The van der Waals surface area contributed by atoms with E-state index in [-0.39, 0.29) is 32.1 Å². The number of fused-ring (bicyclic) bond motifs is 2. The molecule has 1 saturated heterocycles. The molecule has 11 unspecified atom stereocenters. The van der Waals surface area contributed by atoms with Crippen molar-refractivity contribution in [1.82, 2.24) is 0 Å². The van der Waals surface area contributed by atoms with Gasteiger partial charge in [0.15, 0.2) is 0 Å². The minimum absolute atomic E-state index is 0.0616. The Hall–Kier alpha value is -2.15. The lowest BCUT2D eigenvalue weighted by atomic mass is 9.89. The summed E-state index contributed by atoms with van der Waals surface area (Å²) in [6.07, 6.45) is 6.90. The maximum Gasteiger partial charge on any atom is 0.311 e. The molecule has 10 nitrogen and oxygen atoms in total.